The van der Waals surface area contributed by atoms with Crippen LogP contribution < -0.4 is 5.32 Å². The van der Waals surface area contributed by atoms with Crippen LogP contribution in [0.1, 0.15) is 30.1 Å². The Balaban J connectivity index is 2.22. The summed E-state index contributed by atoms with van der Waals surface area (Å²) < 4.78 is 27.1. The van der Waals surface area contributed by atoms with Crippen LogP contribution in [-0.4, -0.2) is 63.3 Å². The van der Waals surface area contributed by atoms with Crippen LogP contribution in [0.5, 0.6) is 0 Å². The second-order valence-electron chi connectivity index (χ2n) is 5.96. The number of unbranched alkanes of at least 4 members (excludes halogenated alkanes) is 1. The van der Waals surface area contributed by atoms with Crippen molar-refractivity contribution in [3.05, 3.63) is 28.8 Å². The minimum absolute atomic E-state index is 0.00291. The Morgan fingerprint density at radius 1 is 1.25 bits per heavy atom. The van der Waals surface area contributed by atoms with E-state index in [-0.39, 0.29) is 15.8 Å². The summed E-state index contributed by atoms with van der Waals surface area (Å²) in [5.41, 5.74) is 0.309. The first-order valence-corrected chi connectivity index (χ1v) is 9.94. The van der Waals surface area contributed by atoms with E-state index in [2.05, 4.69) is 10.2 Å². The predicted molar refractivity (Wildman–Crippen MR) is 94.9 cm³/mol. The summed E-state index contributed by atoms with van der Waals surface area (Å²) in [5, 5.41) is 2.92. The molecule has 1 aromatic rings. The molecule has 24 heavy (non-hydrogen) atoms. The van der Waals surface area contributed by atoms with E-state index in [4.69, 9.17) is 11.6 Å². The molecule has 1 amide bonds. The molecule has 8 heteroatoms. The van der Waals surface area contributed by atoms with E-state index in [9.17, 15) is 13.2 Å². The van der Waals surface area contributed by atoms with E-state index in [1.165, 1.54) is 16.4 Å². The molecule has 0 saturated carbocycles. The lowest BCUT2D eigenvalue weighted by atomic mass is 10.2. The van der Waals surface area contributed by atoms with E-state index >= 15 is 0 Å². The molecule has 134 valence electrons. The van der Waals surface area contributed by atoms with Gasteiger partial charge in [-0.3, -0.25) is 4.79 Å². The highest BCUT2D eigenvalue weighted by Gasteiger charge is 2.29. The Bertz CT molecular complexity index is 686. The number of carbonyl (C=O) groups excluding carboxylic acids is 1. The molecule has 1 fully saturated rings. The van der Waals surface area contributed by atoms with Gasteiger partial charge in [0.1, 0.15) is 4.90 Å². The number of hydrogen-bond donors (Lipinski definition) is 1. The highest BCUT2D eigenvalue weighted by atomic mass is 35.5. The van der Waals surface area contributed by atoms with Crippen LogP contribution in [0.3, 0.4) is 0 Å². The van der Waals surface area contributed by atoms with E-state index in [0.717, 1.165) is 12.8 Å². The van der Waals surface area contributed by atoms with Crippen LogP contribution in [0, 0.1) is 0 Å². The fraction of sp³-hybridized carbons (Fsp3) is 0.562. The third-order valence-corrected chi connectivity index (χ3v) is 6.47. The van der Waals surface area contributed by atoms with Gasteiger partial charge in [-0.05, 0) is 31.7 Å². The average Bonchev–Trinajstić information content (AvgIpc) is 2.55. The van der Waals surface area contributed by atoms with E-state index in [1.54, 1.807) is 6.07 Å². The summed E-state index contributed by atoms with van der Waals surface area (Å²) in [6.07, 6.45) is 1.86. The second-order valence-corrected chi connectivity index (χ2v) is 8.28. The van der Waals surface area contributed by atoms with Gasteiger partial charge in [-0.25, -0.2) is 8.42 Å². The lowest BCUT2D eigenvalue weighted by molar-refractivity contribution is 0.0953. The molecule has 0 aromatic heterocycles. The molecule has 0 spiro atoms. The van der Waals surface area contributed by atoms with E-state index in [0.29, 0.717) is 38.3 Å². The largest absolute Gasteiger partial charge is 0.352 e. The van der Waals surface area contributed by atoms with Crippen LogP contribution in [0.15, 0.2) is 23.1 Å². The van der Waals surface area contributed by atoms with Gasteiger partial charge in [0.15, 0.2) is 0 Å². The normalized spacial score (nSPS) is 17.0. The number of sulfonamides is 1. The van der Waals surface area contributed by atoms with Crippen molar-refractivity contribution in [1.29, 1.82) is 0 Å². The average molecular weight is 374 g/mol. The molecule has 0 aliphatic carbocycles. The van der Waals surface area contributed by atoms with Crippen molar-refractivity contribution >= 4 is 27.5 Å². The number of rotatable bonds is 6. The Morgan fingerprint density at radius 2 is 1.92 bits per heavy atom. The number of halogens is 1. The molecule has 1 saturated heterocycles. The van der Waals surface area contributed by atoms with Crippen molar-refractivity contribution in [2.75, 3.05) is 39.8 Å². The van der Waals surface area contributed by atoms with Crippen molar-refractivity contribution in [2.45, 2.75) is 24.7 Å². The first kappa shape index (κ1) is 19.2. The zero-order chi connectivity index (χ0) is 17.7. The minimum atomic E-state index is -3.70. The first-order chi connectivity index (χ1) is 11.4. The summed E-state index contributed by atoms with van der Waals surface area (Å²) in [7, 11) is -1.75. The lowest BCUT2D eigenvalue weighted by Gasteiger charge is -2.31. The van der Waals surface area contributed by atoms with Gasteiger partial charge < -0.3 is 10.2 Å². The molecule has 1 heterocycles. The number of likely N-dealkylation sites (N-methyl/N-ethyl adjacent to an activating group) is 1. The number of hydrogen-bond acceptors (Lipinski definition) is 4. The monoisotopic (exact) mass is 373 g/mol. The lowest BCUT2D eigenvalue weighted by Crippen LogP contribution is -2.47. The van der Waals surface area contributed by atoms with Gasteiger partial charge in [-0.2, -0.15) is 4.31 Å². The van der Waals surface area contributed by atoms with E-state index in [1.807, 2.05) is 14.0 Å². The number of piperazine rings is 1. The molecule has 0 bridgehead atoms. The standard InChI is InChI=1S/C16H24ClN3O3S/c1-3-4-7-18-16(21)13-5-6-14(17)15(12-13)24(22,23)20-10-8-19(2)9-11-20/h5-6,12H,3-4,7-11H2,1-2H3,(H,18,21). The summed E-state index contributed by atoms with van der Waals surface area (Å²) in [6.45, 7) is 4.79. The molecule has 0 radical (unpaired) electrons. The van der Waals surface area contributed by atoms with Gasteiger partial charge in [0.05, 0.1) is 5.02 Å². The highest BCUT2D eigenvalue weighted by Crippen LogP contribution is 2.26. The maximum atomic E-state index is 12.8. The smallest absolute Gasteiger partial charge is 0.251 e. The van der Waals surface area contributed by atoms with Crippen molar-refractivity contribution < 1.29 is 13.2 Å². The maximum Gasteiger partial charge on any atom is 0.251 e. The van der Waals surface area contributed by atoms with Crippen molar-refractivity contribution in [3.8, 4) is 0 Å². The summed E-state index contributed by atoms with van der Waals surface area (Å²) in [6, 6.07) is 4.39. The Morgan fingerprint density at radius 3 is 2.54 bits per heavy atom. The molecule has 1 N–H and O–H groups in total. The van der Waals surface area contributed by atoms with Crippen molar-refractivity contribution in [3.63, 3.8) is 0 Å². The molecule has 2 rings (SSSR count). The molecular weight excluding hydrogens is 350 g/mol. The quantitative estimate of drug-likeness (QED) is 0.772. The van der Waals surface area contributed by atoms with Crippen molar-refractivity contribution in [2.24, 2.45) is 0 Å². The van der Waals surface area contributed by atoms with Gasteiger partial charge in [-0.1, -0.05) is 24.9 Å². The number of carbonyl (C=O) groups is 1. The third-order valence-electron chi connectivity index (χ3n) is 4.09. The van der Waals surface area contributed by atoms with Gasteiger partial charge in [0.25, 0.3) is 5.91 Å². The Labute approximate surface area is 148 Å². The number of benzene rings is 1. The highest BCUT2D eigenvalue weighted by molar-refractivity contribution is 7.89. The summed E-state index contributed by atoms with van der Waals surface area (Å²) in [5.74, 6) is -0.282. The molecule has 1 aromatic carbocycles. The fourth-order valence-electron chi connectivity index (χ4n) is 2.49. The Hall–Kier alpha value is -1.15. The molecular formula is C16H24ClN3O3S. The second kappa shape index (κ2) is 8.29. The third kappa shape index (κ3) is 4.47. The SMILES string of the molecule is CCCCNC(=O)c1ccc(Cl)c(S(=O)(=O)N2CCN(C)CC2)c1. The maximum absolute atomic E-state index is 12.8. The van der Waals surface area contributed by atoms with Gasteiger partial charge in [0.2, 0.25) is 10.0 Å². The van der Waals surface area contributed by atoms with Crippen LogP contribution in [0.25, 0.3) is 0 Å². The molecule has 0 unspecified atom stereocenters. The zero-order valence-electron chi connectivity index (χ0n) is 14.1. The zero-order valence-corrected chi connectivity index (χ0v) is 15.7. The Kier molecular flexibility index (Phi) is 6.62. The van der Waals surface area contributed by atoms with Crippen molar-refractivity contribution in [1.82, 2.24) is 14.5 Å². The number of amides is 1. The van der Waals surface area contributed by atoms with Gasteiger partial charge in [-0.15, -0.1) is 0 Å². The van der Waals surface area contributed by atoms with Crippen LogP contribution >= 0.6 is 11.6 Å². The van der Waals surface area contributed by atoms with Crippen LogP contribution in [-0.2, 0) is 10.0 Å². The first-order valence-electron chi connectivity index (χ1n) is 8.12. The minimum Gasteiger partial charge on any atom is -0.352 e. The summed E-state index contributed by atoms with van der Waals surface area (Å²) >= 11 is 6.11. The van der Waals surface area contributed by atoms with E-state index < -0.39 is 10.0 Å². The molecule has 1 aliphatic rings. The summed E-state index contributed by atoms with van der Waals surface area (Å²) in [4.78, 5) is 14.2. The van der Waals surface area contributed by atoms with Gasteiger partial charge in [0, 0.05) is 38.3 Å². The molecule has 1 aliphatic heterocycles. The van der Waals surface area contributed by atoms with Crippen LogP contribution in [0.2, 0.25) is 5.02 Å². The number of nitrogens with zero attached hydrogens (tertiary/aromatic N) is 2. The number of nitrogens with one attached hydrogen (secondary N) is 1. The van der Waals surface area contributed by atoms with Crippen LogP contribution in [0.4, 0.5) is 0 Å². The predicted octanol–water partition coefficient (Wildman–Crippen LogP) is 1.81. The van der Waals surface area contributed by atoms with Gasteiger partial charge >= 0.3 is 0 Å². The topological polar surface area (TPSA) is 69.7 Å². The molecule has 6 nitrogen and oxygen atoms in total. The fourth-order valence-corrected chi connectivity index (χ4v) is 4.41. The molecule has 0 atom stereocenters.